The summed E-state index contributed by atoms with van der Waals surface area (Å²) in [5.41, 5.74) is 0. The van der Waals surface area contributed by atoms with Crippen molar-refractivity contribution in [1.29, 1.82) is 0 Å². The number of ether oxygens (including phenoxy) is 1. The molecule has 0 amide bonds. The summed E-state index contributed by atoms with van der Waals surface area (Å²) in [6.07, 6.45) is 1.21. The molecule has 0 aliphatic rings. The lowest BCUT2D eigenvalue weighted by molar-refractivity contribution is -0.143. The Morgan fingerprint density at radius 3 is 3.13 bits per heavy atom. The van der Waals surface area contributed by atoms with E-state index in [-0.39, 0.29) is 5.97 Å². The van der Waals surface area contributed by atoms with E-state index in [1.165, 1.54) is 11.3 Å². The Balaban J connectivity index is 2.09. The first-order valence-electron chi connectivity index (χ1n) is 4.73. The quantitative estimate of drug-likeness (QED) is 0.647. The number of nitrogens with zero attached hydrogens (tertiary/aromatic N) is 1. The van der Waals surface area contributed by atoms with E-state index in [2.05, 4.69) is 26.2 Å². The van der Waals surface area contributed by atoms with Gasteiger partial charge in [-0.1, -0.05) is 0 Å². The van der Waals surface area contributed by atoms with Crippen molar-refractivity contribution in [3.8, 4) is 0 Å². The lowest BCUT2D eigenvalue weighted by Gasteiger charge is -2.02. The van der Waals surface area contributed by atoms with Crippen LogP contribution in [0.15, 0.2) is 9.98 Å². The number of thiazole rings is 1. The highest BCUT2D eigenvalue weighted by Crippen LogP contribution is 2.19. The van der Waals surface area contributed by atoms with Crippen LogP contribution in [0, 0.1) is 0 Å². The van der Waals surface area contributed by atoms with Gasteiger partial charge in [0.05, 0.1) is 6.61 Å². The van der Waals surface area contributed by atoms with Gasteiger partial charge in [-0.25, -0.2) is 4.98 Å². The summed E-state index contributed by atoms with van der Waals surface area (Å²) in [4.78, 5) is 15.2. The van der Waals surface area contributed by atoms with Crippen LogP contribution in [0.2, 0.25) is 0 Å². The number of halogens is 1. The summed E-state index contributed by atoms with van der Waals surface area (Å²) in [5.74, 6) is -0.139. The van der Waals surface area contributed by atoms with Crippen LogP contribution in [0.25, 0.3) is 0 Å². The molecular weight excluding hydrogens is 280 g/mol. The average molecular weight is 293 g/mol. The summed E-state index contributed by atoms with van der Waals surface area (Å²) in [7, 11) is 0. The number of carbonyl (C=O) groups excluding carboxylic acids is 1. The fourth-order valence-electron chi connectivity index (χ4n) is 0.997. The average Bonchev–Trinajstić information content (AvgIpc) is 2.60. The molecule has 1 aromatic rings. The van der Waals surface area contributed by atoms with Gasteiger partial charge in [0.15, 0.2) is 5.13 Å². The number of anilines is 1. The number of aromatic nitrogens is 1. The van der Waals surface area contributed by atoms with Gasteiger partial charge in [-0.05, 0) is 29.3 Å². The second kappa shape index (κ2) is 6.79. The SMILES string of the molecule is CCOC(=O)CCCNc1nc(Br)cs1. The van der Waals surface area contributed by atoms with Gasteiger partial charge < -0.3 is 10.1 Å². The molecule has 0 unspecified atom stereocenters. The Labute approximate surface area is 101 Å². The summed E-state index contributed by atoms with van der Waals surface area (Å²) >= 11 is 4.80. The van der Waals surface area contributed by atoms with Crippen molar-refractivity contribution in [3.05, 3.63) is 9.98 Å². The molecule has 0 aliphatic carbocycles. The number of hydrogen-bond donors (Lipinski definition) is 1. The van der Waals surface area contributed by atoms with Gasteiger partial charge in [-0.3, -0.25) is 4.79 Å². The first kappa shape index (κ1) is 12.4. The van der Waals surface area contributed by atoms with E-state index in [4.69, 9.17) is 4.74 Å². The second-order valence-corrected chi connectivity index (χ2v) is 4.48. The summed E-state index contributed by atoms with van der Waals surface area (Å²) < 4.78 is 5.64. The largest absolute Gasteiger partial charge is 0.466 e. The van der Waals surface area contributed by atoms with Gasteiger partial charge in [0.1, 0.15) is 4.60 Å². The van der Waals surface area contributed by atoms with E-state index in [9.17, 15) is 4.79 Å². The predicted molar refractivity (Wildman–Crippen MR) is 64.2 cm³/mol. The van der Waals surface area contributed by atoms with Crippen molar-refractivity contribution in [3.63, 3.8) is 0 Å². The molecule has 1 N–H and O–H groups in total. The monoisotopic (exact) mass is 292 g/mol. The number of hydrogen-bond acceptors (Lipinski definition) is 5. The molecule has 0 bridgehead atoms. The van der Waals surface area contributed by atoms with Gasteiger partial charge in [0, 0.05) is 18.3 Å². The molecule has 0 radical (unpaired) electrons. The molecular formula is C9H13BrN2O2S. The van der Waals surface area contributed by atoms with Crippen LogP contribution in [-0.4, -0.2) is 24.1 Å². The highest BCUT2D eigenvalue weighted by Gasteiger charge is 2.02. The second-order valence-electron chi connectivity index (χ2n) is 2.81. The molecule has 0 aliphatic heterocycles. The molecule has 0 saturated heterocycles. The number of nitrogens with one attached hydrogen (secondary N) is 1. The molecule has 1 rings (SSSR count). The normalized spacial score (nSPS) is 10.0. The fourth-order valence-corrected chi connectivity index (χ4v) is 2.17. The molecule has 0 atom stereocenters. The third-order valence-electron chi connectivity index (χ3n) is 1.62. The van der Waals surface area contributed by atoms with Crippen LogP contribution in [-0.2, 0) is 9.53 Å². The number of carbonyl (C=O) groups is 1. The highest BCUT2D eigenvalue weighted by atomic mass is 79.9. The zero-order valence-corrected chi connectivity index (χ0v) is 10.9. The molecule has 0 fully saturated rings. The lowest BCUT2D eigenvalue weighted by atomic mass is 10.3. The Bertz CT molecular complexity index is 317. The van der Waals surface area contributed by atoms with E-state index in [1.54, 1.807) is 0 Å². The van der Waals surface area contributed by atoms with Crippen LogP contribution in [0.5, 0.6) is 0 Å². The molecule has 1 heterocycles. The molecule has 0 spiro atoms. The molecule has 15 heavy (non-hydrogen) atoms. The van der Waals surface area contributed by atoms with Crippen LogP contribution in [0.4, 0.5) is 5.13 Å². The predicted octanol–water partition coefficient (Wildman–Crippen LogP) is 2.66. The van der Waals surface area contributed by atoms with Gasteiger partial charge in [-0.15, -0.1) is 11.3 Å². The summed E-state index contributed by atoms with van der Waals surface area (Å²) in [5, 5.41) is 5.91. The Morgan fingerprint density at radius 2 is 2.53 bits per heavy atom. The minimum atomic E-state index is -0.139. The van der Waals surface area contributed by atoms with Crippen LogP contribution in [0.3, 0.4) is 0 Å². The maximum Gasteiger partial charge on any atom is 0.305 e. The van der Waals surface area contributed by atoms with Crippen LogP contribution < -0.4 is 5.32 Å². The van der Waals surface area contributed by atoms with Gasteiger partial charge in [-0.2, -0.15) is 0 Å². The van der Waals surface area contributed by atoms with Gasteiger partial charge in [0.25, 0.3) is 0 Å². The molecule has 1 aromatic heterocycles. The van der Waals surface area contributed by atoms with Gasteiger partial charge in [0.2, 0.25) is 0 Å². The Hall–Kier alpha value is -0.620. The molecule has 6 heteroatoms. The maximum absolute atomic E-state index is 11.0. The molecule has 0 aromatic carbocycles. The smallest absolute Gasteiger partial charge is 0.305 e. The van der Waals surface area contributed by atoms with Crippen molar-refractivity contribution in [2.45, 2.75) is 19.8 Å². The first-order chi connectivity index (χ1) is 7.22. The number of esters is 1. The minimum Gasteiger partial charge on any atom is -0.466 e. The molecule has 4 nitrogen and oxygen atoms in total. The van der Waals surface area contributed by atoms with Crippen molar-refractivity contribution in [2.75, 3.05) is 18.5 Å². The Morgan fingerprint density at radius 1 is 1.73 bits per heavy atom. The van der Waals surface area contributed by atoms with Crippen LogP contribution >= 0.6 is 27.3 Å². The third-order valence-corrected chi connectivity index (χ3v) is 3.12. The van der Waals surface area contributed by atoms with Gasteiger partial charge >= 0.3 is 5.97 Å². The summed E-state index contributed by atoms with van der Waals surface area (Å²) in [6.45, 7) is 2.99. The van der Waals surface area contributed by atoms with Crippen LogP contribution in [0.1, 0.15) is 19.8 Å². The van der Waals surface area contributed by atoms with Crippen molar-refractivity contribution >= 4 is 38.4 Å². The van der Waals surface area contributed by atoms with Crippen molar-refractivity contribution < 1.29 is 9.53 Å². The zero-order chi connectivity index (χ0) is 11.1. The van der Waals surface area contributed by atoms with E-state index in [1.807, 2.05) is 12.3 Å². The van der Waals surface area contributed by atoms with E-state index >= 15 is 0 Å². The van der Waals surface area contributed by atoms with E-state index < -0.39 is 0 Å². The first-order valence-corrected chi connectivity index (χ1v) is 6.40. The summed E-state index contributed by atoms with van der Waals surface area (Å²) in [6, 6.07) is 0. The van der Waals surface area contributed by atoms with E-state index in [0.717, 1.165) is 22.7 Å². The molecule has 0 saturated carbocycles. The lowest BCUT2D eigenvalue weighted by Crippen LogP contribution is -2.08. The minimum absolute atomic E-state index is 0.139. The highest BCUT2D eigenvalue weighted by molar-refractivity contribution is 9.10. The Kier molecular flexibility index (Phi) is 5.63. The van der Waals surface area contributed by atoms with Crippen molar-refractivity contribution in [2.24, 2.45) is 0 Å². The van der Waals surface area contributed by atoms with E-state index in [0.29, 0.717) is 13.0 Å². The maximum atomic E-state index is 11.0. The standard InChI is InChI=1S/C9H13BrN2O2S/c1-2-14-8(13)4-3-5-11-9-12-7(10)6-15-9/h6H,2-5H2,1H3,(H,11,12). The topological polar surface area (TPSA) is 51.2 Å². The molecule has 84 valence electrons. The zero-order valence-electron chi connectivity index (χ0n) is 8.46. The number of rotatable bonds is 6. The fraction of sp³-hybridized carbons (Fsp3) is 0.556. The van der Waals surface area contributed by atoms with Crippen molar-refractivity contribution in [1.82, 2.24) is 4.98 Å². The third kappa shape index (κ3) is 5.13.